The highest BCUT2D eigenvalue weighted by Gasteiger charge is 2.10. The molecule has 0 atom stereocenters. The van der Waals surface area contributed by atoms with Crippen LogP contribution in [0.2, 0.25) is 0 Å². The van der Waals surface area contributed by atoms with Crippen molar-refractivity contribution in [3.63, 3.8) is 0 Å². The van der Waals surface area contributed by atoms with Gasteiger partial charge in [0.15, 0.2) is 5.69 Å². The molecule has 0 radical (unpaired) electrons. The molecule has 0 heterocycles. The highest BCUT2D eigenvalue weighted by molar-refractivity contribution is 5.74. The normalized spacial score (nSPS) is 10.7. The molecular weight excluding hydrogens is 582 g/mol. The van der Waals surface area contributed by atoms with Gasteiger partial charge in [-0.15, -0.1) is 0 Å². The molecule has 228 valence electrons. The van der Waals surface area contributed by atoms with Crippen LogP contribution < -0.4 is 0 Å². The lowest BCUT2D eigenvalue weighted by molar-refractivity contribution is 0.622. The second-order valence-electron chi connectivity index (χ2n) is 11.7. The average Bonchev–Trinajstić information content (AvgIpc) is 3.12. The zero-order valence-electron chi connectivity index (χ0n) is 25.9. The van der Waals surface area contributed by atoms with Crippen molar-refractivity contribution in [2.75, 3.05) is 0 Å². The molecule has 0 aromatic heterocycles. The van der Waals surface area contributed by atoms with Gasteiger partial charge in [0, 0.05) is 11.1 Å². The first-order chi connectivity index (χ1) is 23.0. The second-order valence-corrected chi connectivity index (χ2v) is 11.7. The fourth-order valence-corrected chi connectivity index (χ4v) is 5.94. The van der Waals surface area contributed by atoms with E-state index in [-0.39, 0.29) is 11.6 Å². The summed E-state index contributed by atoms with van der Waals surface area (Å²) >= 11 is 0. The Balaban J connectivity index is 0.992. The maximum atomic E-state index is 15.1. The van der Waals surface area contributed by atoms with E-state index in [0.29, 0.717) is 22.4 Å². The Morgan fingerprint density at radius 1 is 0.511 bits per heavy atom. The number of benzene rings is 6. The fourth-order valence-electron chi connectivity index (χ4n) is 5.94. The van der Waals surface area contributed by atoms with Gasteiger partial charge in [0.2, 0.25) is 0 Å². The predicted octanol–water partition coefficient (Wildman–Crippen LogP) is 12.0. The van der Waals surface area contributed by atoms with Crippen molar-refractivity contribution in [2.45, 2.75) is 32.1 Å². The van der Waals surface area contributed by atoms with Gasteiger partial charge in [-0.25, -0.2) is 13.6 Å². The van der Waals surface area contributed by atoms with Gasteiger partial charge in [-0.3, -0.25) is 0 Å². The van der Waals surface area contributed by atoms with E-state index in [1.165, 1.54) is 0 Å². The molecule has 0 saturated carbocycles. The number of rotatable bonds is 10. The third-order valence-electron chi connectivity index (χ3n) is 8.52. The smallest absolute Gasteiger partial charge is 0.187 e. The summed E-state index contributed by atoms with van der Waals surface area (Å²) in [6.45, 7) is 7.22. The molecular formula is C43H32F2N2. The minimum atomic E-state index is -0.235. The largest absolute Gasteiger partial charge is 0.238 e. The summed E-state index contributed by atoms with van der Waals surface area (Å²) in [5, 5.41) is 9.16. The second kappa shape index (κ2) is 14.5. The molecule has 0 saturated heterocycles. The standard InChI is InChI=1S/C43H32F2N2/c1-47-39-12-6-11-38(28-39)34-17-21-36(22-18-34)41-24-14-31(27-43(41)45)8-4-2-3-7-30-13-23-40(42(44)26-30)35-19-15-33(16-20-35)37-10-5-9-32(25-37)29-46/h5-6,9-28H,2-4,7-8H2. The summed E-state index contributed by atoms with van der Waals surface area (Å²) in [5.74, 6) is -0.468. The van der Waals surface area contributed by atoms with Gasteiger partial charge in [0.25, 0.3) is 0 Å². The van der Waals surface area contributed by atoms with Crippen LogP contribution in [0.15, 0.2) is 133 Å². The van der Waals surface area contributed by atoms with Gasteiger partial charge in [0.05, 0.1) is 18.2 Å². The van der Waals surface area contributed by atoms with Crippen LogP contribution >= 0.6 is 0 Å². The first-order valence-corrected chi connectivity index (χ1v) is 15.8. The lowest BCUT2D eigenvalue weighted by Gasteiger charge is -2.09. The maximum absolute atomic E-state index is 15.1. The molecule has 6 aromatic rings. The first kappa shape index (κ1) is 31.2. The third-order valence-corrected chi connectivity index (χ3v) is 8.52. The summed E-state index contributed by atoms with van der Waals surface area (Å²) in [6, 6.07) is 43.5. The molecule has 0 aliphatic carbocycles. The van der Waals surface area contributed by atoms with E-state index in [4.69, 9.17) is 11.8 Å². The van der Waals surface area contributed by atoms with Gasteiger partial charge >= 0.3 is 0 Å². The molecule has 4 heteroatoms. The van der Waals surface area contributed by atoms with Crippen molar-refractivity contribution >= 4 is 5.69 Å². The number of aryl methyl sites for hydroxylation is 2. The van der Waals surface area contributed by atoms with Gasteiger partial charge in [0.1, 0.15) is 11.6 Å². The molecule has 0 aliphatic heterocycles. The summed E-state index contributed by atoms with van der Waals surface area (Å²) in [7, 11) is 0. The number of nitriles is 1. The monoisotopic (exact) mass is 614 g/mol. The summed E-state index contributed by atoms with van der Waals surface area (Å²) < 4.78 is 30.2. The molecule has 2 nitrogen and oxygen atoms in total. The zero-order chi connectivity index (χ0) is 32.6. The van der Waals surface area contributed by atoms with Crippen molar-refractivity contribution in [2.24, 2.45) is 0 Å². The van der Waals surface area contributed by atoms with Crippen molar-refractivity contribution in [3.8, 4) is 50.6 Å². The highest BCUT2D eigenvalue weighted by atomic mass is 19.1. The number of nitrogens with zero attached hydrogens (tertiary/aromatic N) is 2. The minimum absolute atomic E-state index is 0.233. The van der Waals surface area contributed by atoms with Gasteiger partial charge < -0.3 is 0 Å². The van der Waals surface area contributed by atoms with Gasteiger partial charge in [-0.1, -0.05) is 110 Å². The van der Waals surface area contributed by atoms with Crippen LogP contribution in [0.5, 0.6) is 0 Å². The topological polar surface area (TPSA) is 28.1 Å². The molecule has 0 spiro atoms. The molecule has 6 rings (SSSR count). The molecule has 0 amide bonds. The van der Waals surface area contributed by atoms with E-state index < -0.39 is 0 Å². The Morgan fingerprint density at radius 3 is 1.49 bits per heavy atom. The summed E-state index contributed by atoms with van der Waals surface area (Å²) in [4.78, 5) is 3.50. The van der Waals surface area contributed by atoms with Crippen LogP contribution in [0, 0.1) is 29.5 Å². The van der Waals surface area contributed by atoms with E-state index >= 15 is 8.78 Å². The van der Waals surface area contributed by atoms with Crippen LogP contribution in [0.25, 0.3) is 49.4 Å². The fraction of sp³-hybridized carbons (Fsp3) is 0.116. The van der Waals surface area contributed by atoms with Crippen LogP contribution in [-0.4, -0.2) is 0 Å². The first-order valence-electron chi connectivity index (χ1n) is 15.8. The molecule has 47 heavy (non-hydrogen) atoms. The van der Waals surface area contributed by atoms with Gasteiger partial charge in [-0.05, 0) is 101 Å². The quantitative estimate of drug-likeness (QED) is 0.111. The Bertz CT molecular complexity index is 1950. The van der Waals surface area contributed by atoms with Gasteiger partial charge in [-0.2, -0.15) is 5.26 Å². The van der Waals surface area contributed by atoms with E-state index in [9.17, 15) is 0 Å². The van der Waals surface area contributed by atoms with Crippen LogP contribution in [0.3, 0.4) is 0 Å². The molecule has 0 bridgehead atoms. The maximum Gasteiger partial charge on any atom is 0.187 e. The highest BCUT2D eigenvalue weighted by Crippen LogP contribution is 2.30. The number of hydrogen-bond donors (Lipinski definition) is 0. The van der Waals surface area contributed by atoms with Crippen molar-refractivity contribution < 1.29 is 8.78 Å². The molecule has 0 unspecified atom stereocenters. The number of hydrogen-bond acceptors (Lipinski definition) is 1. The molecule has 0 aliphatic rings. The van der Waals surface area contributed by atoms with Crippen LogP contribution in [0.4, 0.5) is 14.5 Å². The number of unbranched alkanes of at least 4 members (excludes halogenated alkanes) is 2. The van der Waals surface area contributed by atoms with Crippen LogP contribution in [0.1, 0.15) is 36.0 Å². The Morgan fingerprint density at radius 2 is 1.00 bits per heavy atom. The van der Waals surface area contributed by atoms with E-state index in [1.54, 1.807) is 24.3 Å². The average molecular weight is 615 g/mol. The Hall–Kier alpha value is -5.84. The summed E-state index contributed by atoms with van der Waals surface area (Å²) in [5.41, 5.74) is 9.80. The van der Waals surface area contributed by atoms with Crippen molar-refractivity contribution in [3.05, 3.63) is 173 Å². The Labute approximate surface area is 275 Å². The Kier molecular flexibility index (Phi) is 9.62. The third kappa shape index (κ3) is 7.52. The molecule has 6 aromatic carbocycles. The predicted molar refractivity (Wildman–Crippen MR) is 187 cm³/mol. The van der Waals surface area contributed by atoms with E-state index in [1.807, 2.05) is 109 Å². The zero-order valence-corrected chi connectivity index (χ0v) is 25.9. The minimum Gasteiger partial charge on any atom is -0.238 e. The van der Waals surface area contributed by atoms with E-state index in [0.717, 1.165) is 76.6 Å². The van der Waals surface area contributed by atoms with Crippen molar-refractivity contribution in [1.29, 1.82) is 5.26 Å². The summed E-state index contributed by atoms with van der Waals surface area (Å²) in [6.07, 6.45) is 4.41. The molecule has 0 N–H and O–H groups in total. The van der Waals surface area contributed by atoms with Crippen LogP contribution in [-0.2, 0) is 12.8 Å². The SMILES string of the molecule is [C-]#[N+]c1cccc(-c2ccc(-c3ccc(CCCCCc4ccc(-c5ccc(-c6cccc(C#N)c6)cc5)c(F)c4)cc3F)cc2)c1. The number of halogens is 2. The lowest BCUT2D eigenvalue weighted by Crippen LogP contribution is -1.93. The lowest BCUT2D eigenvalue weighted by atomic mass is 9.97. The molecule has 0 fully saturated rings. The van der Waals surface area contributed by atoms with Crippen molar-refractivity contribution in [1.82, 2.24) is 0 Å². The van der Waals surface area contributed by atoms with E-state index in [2.05, 4.69) is 10.9 Å².